The third-order valence-electron chi connectivity index (χ3n) is 5.41. The van der Waals surface area contributed by atoms with Crippen LogP contribution >= 0.6 is 0 Å². The van der Waals surface area contributed by atoms with Crippen molar-refractivity contribution in [1.82, 2.24) is 14.8 Å². The summed E-state index contributed by atoms with van der Waals surface area (Å²) in [6, 6.07) is 20.4. The van der Waals surface area contributed by atoms with Crippen LogP contribution in [0.3, 0.4) is 0 Å². The first-order valence-corrected chi connectivity index (χ1v) is 9.89. The highest BCUT2D eigenvalue weighted by atomic mass is 19.1. The molecule has 3 aromatic carbocycles. The molecule has 3 aromatic rings. The summed E-state index contributed by atoms with van der Waals surface area (Å²) < 4.78 is 26.7. The minimum absolute atomic E-state index is 0.244. The van der Waals surface area contributed by atoms with Crippen LogP contribution in [-0.4, -0.2) is 29.0 Å². The lowest BCUT2D eigenvalue weighted by Gasteiger charge is -2.15. The Morgan fingerprint density at radius 1 is 0.839 bits per heavy atom. The van der Waals surface area contributed by atoms with E-state index in [1.165, 1.54) is 6.07 Å². The van der Waals surface area contributed by atoms with Crippen LogP contribution in [0, 0.1) is 5.82 Å². The van der Waals surface area contributed by atoms with E-state index in [0.717, 1.165) is 39.0 Å². The number of hydrogen-bond donors (Lipinski definition) is 0. The molecule has 0 amide bonds. The van der Waals surface area contributed by atoms with Crippen LogP contribution in [0.1, 0.15) is 5.56 Å². The second kappa shape index (κ2) is 7.72. The SMILES string of the molecule is COc1ccc(-c2nnc3c4ccccc4n(Cc4cccc(F)c4)cc2-3)cc1OC. The Morgan fingerprint density at radius 3 is 2.45 bits per heavy atom. The fourth-order valence-corrected chi connectivity index (χ4v) is 3.95. The molecule has 5 rings (SSSR count). The summed E-state index contributed by atoms with van der Waals surface area (Å²) >= 11 is 0. The molecule has 154 valence electrons. The number of nitrogens with zero attached hydrogens (tertiary/aromatic N) is 3. The molecule has 0 atom stereocenters. The Kier molecular flexibility index (Phi) is 4.75. The van der Waals surface area contributed by atoms with Gasteiger partial charge in [0.2, 0.25) is 0 Å². The molecule has 0 N–H and O–H groups in total. The molecule has 0 aromatic heterocycles. The second-order valence-corrected chi connectivity index (χ2v) is 7.28. The lowest BCUT2D eigenvalue weighted by molar-refractivity contribution is 0.355. The van der Waals surface area contributed by atoms with Crippen molar-refractivity contribution in [2.24, 2.45) is 0 Å². The molecule has 6 heteroatoms. The van der Waals surface area contributed by atoms with Crippen LogP contribution < -0.4 is 9.47 Å². The zero-order valence-corrected chi connectivity index (χ0v) is 17.2. The van der Waals surface area contributed by atoms with Crippen molar-refractivity contribution in [2.75, 3.05) is 14.2 Å². The van der Waals surface area contributed by atoms with Crippen molar-refractivity contribution in [3.8, 4) is 34.0 Å². The molecular weight excluding hydrogens is 393 g/mol. The van der Waals surface area contributed by atoms with E-state index in [1.54, 1.807) is 26.4 Å². The van der Waals surface area contributed by atoms with Gasteiger partial charge in [0.05, 0.1) is 19.7 Å². The summed E-state index contributed by atoms with van der Waals surface area (Å²) in [6.07, 6.45) is 2.04. The van der Waals surface area contributed by atoms with Crippen LogP contribution in [0.25, 0.3) is 33.4 Å². The highest BCUT2D eigenvalue weighted by Gasteiger charge is 2.21. The zero-order chi connectivity index (χ0) is 21.4. The predicted octanol–water partition coefficient (Wildman–Crippen LogP) is 5.41. The van der Waals surface area contributed by atoms with E-state index in [9.17, 15) is 4.39 Å². The third kappa shape index (κ3) is 3.36. The Morgan fingerprint density at radius 2 is 1.65 bits per heavy atom. The fraction of sp³-hybridized carbons (Fsp3) is 0.120. The summed E-state index contributed by atoms with van der Waals surface area (Å²) in [5, 5.41) is 9.97. The Labute approximate surface area is 179 Å². The van der Waals surface area contributed by atoms with Gasteiger partial charge in [-0.25, -0.2) is 4.39 Å². The smallest absolute Gasteiger partial charge is 0.161 e. The molecule has 5 nitrogen and oxygen atoms in total. The number of benzene rings is 3. The van der Waals surface area contributed by atoms with Gasteiger partial charge in [0.25, 0.3) is 0 Å². The van der Waals surface area contributed by atoms with Gasteiger partial charge < -0.3 is 14.0 Å². The molecule has 0 spiro atoms. The second-order valence-electron chi connectivity index (χ2n) is 7.28. The molecule has 2 aliphatic rings. The largest absolute Gasteiger partial charge is 0.493 e. The number of aromatic nitrogens is 3. The van der Waals surface area contributed by atoms with Gasteiger partial charge >= 0.3 is 0 Å². The van der Waals surface area contributed by atoms with Crippen LogP contribution in [0.15, 0.2) is 72.9 Å². The van der Waals surface area contributed by atoms with Crippen LogP contribution in [0.4, 0.5) is 4.39 Å². The lowest BCUT2D eigenvalue weighted by atomic mass is 10.0. The number of pyridine rings is 1. The number of halogens is 1. The molecule has 0 bridgehead atoms. The summed E-state index contributed by atoms with van der Waals surface area (Å²) in [5.41, 5.74) is 5.29. The van der Waals surface area contributed by atoms with E-state index in [2.05, 4.69) is 14.8 Å². The maximum Gasteiger partial charge on any atom is 0.161 e. The van der Waals surface area contributed by atoms with Crippen molar-refractivity contribution < 1.29 is 13.9 Å². The minimum Gasteiger partial charge on any atom is -0.493 e. The lowest BCUT2D eigenvalue weighted by Crippen LogP contribution is -2.04. The van der Waals surface area contributed by atoms with Gasteiger partial charge in [-0.3, -0.25) is 0 Å². The minimum atomic E-state index is -0.244. The molecule has 0 saturated carbocycles. The van der Waals surface area contributed by atoms with Crippen molar-refractivity contribution in [3.63, 3.8) is 0 Å². The van der Waals surface area contributed by atoms with E-state index in [4.69, 9.17) is 9.47 Å². The molecule has 0 unspecified atom stereocenters. The average molecular weight is 413 g/mol. The van der Waals surface area contributed by atoms with E-state index in [-0.39, 0.29) is 5.82 Å². The van der Waals surface area contributed by atoms with Gasteiger partial charge in [-0.15, -0.1) is 10.2 Å². The average Bonchev–Trinajstić information content (AvgIpc) is 3.23. The quantitative estimate of drug-likeness (QED) is 0.387. The normalized spacial score (nSPS) is 11.2. The van der Waals surface area contributed by atoms with Crippen molar-refractivity contribution in [1.29, 1.82) is 0 Å². The molecule has 31 heavy (non-hydrogen) atoms. The number of rotatable bonds is 5. The Hall–Kier alpha value is -3.93. The van der Waals surface area contributed by atoms with E-state index in [0.29, 0.717) is 18.0 Å². The van der Waals surface area contributed by atoms with Gasteiger partial charge in [-0.2, -0.15) is 0 Å². The first kappa shape index (κ1) is 19.1. The highest BCUT2D eigenvalue weighted by Crippen LogP contribution is 2.39. The molecule has 2 aliphatic heterocycles. The zero-order valence-electron chi connectivity index (χ0n) is 17.2. The Balaban J connectivity index is 1.69. The number of hydrogen-bond acceptors (Lipinski definition) is 4. The maximum absolute atomic E-state index is 13.8. The van der Waals surface area contributed by atoms with Gasteiger partial charge in [-0.1, -0.05) is 30.3 Å². The number of methoxy groups -OCH3 is 2. The first-order chi connectivity index (χ1) is 15.2. The molecule has 0 radical (unpaired) electrons. The van der Waals surface area contributed by atoms with Crippen LogP contribution in [0.2, 0.25) is 0 Å². The van der Waals surface area contributed by atoms with E-state index >= 15 is 0 Å². The van der Waals surface area contributed by atoms with Crippen molar-refractivity contribution in [3.05, 3.63) is 84.3 Å². The predicted molar refractivity (Wildman–Crippen MR) is 118 cm³/mol. The fourth-order valence-electron chi connectivity index (χ4n) is 3.95. The summed E-state index contributed by atoms with van der Waals surface area (Å²) in [6.45, 7) is 0.533. The molecular formula is C25H20FN3O2. The number of para-hydroxylation sites is 1. The van der Waals surface area contributed by atoms with Crippen molar-refractivity contribution in [2.45, 2.75) is 6.54 Å². The van der Waals surface area contributed by atoms with E-state index in [1.807, 2.05) is 54.7 Å². The highest BCUT2D eigenvalue weighted by molar-refractivity contribution is 5.98. The summed E-state index contributed by atoms with van der Waals surface area (Å²) in [7, 11) is 3.22. The third-order valence-corrected chi connectivity index (χ3v) is 5.41. The summed E-state index contributed by atoms with van der Waals surface area (Å²) in [4.78, 5) is 0. The first-order valence-electron chi connectivity index (χ1n) is 9.89. The van der Waals surface area contributed by atoms with Gasteiger partial charge in [-0.05, 0) is 42.0 Å². The molecule has 0 fully saturated rings. The molecule has 0 aliphatic carbocycles. The van der Waals surface area contributed by atoms with Crippen molar-refractivity contribution >= 4 is 10.9 Å². The molecule has 2 heterocycles. The monoisotopic (exact) mass is 413 g/mol. The standard InChI is InChI=1S/C25H20FN3O2/c1-30-22-11-10-17(13-23(22)31-2)24-20-15-29(14-16-6-5-7-18(26)12-16)21-9-4-3-8-19(21)25(20)28-27-24/h3-13,15H,14H2,1-2H3. The molecule has 0 saturated heterocycles. The van der Waals surface area contributed by atoms with E-state index < -0.39 is 0 Å². The number of ether oxygens (including phenoxy) is 2. The van der Waals surface area contributed by atoms with Crippen LogP contribution in [0.5, 0.6) is 11.5 Å². The van der Waals surface area contributed by atoms with Gasteiger partial charge in [0, 0.05) is 29.3 Å². The van der Waals surface area contributed by atoms with Gasteiger partial charge in [0.1, 0.15) is 17.2 Å². The van der Waals surface area contributed by atoms with Crippen LogP contribution in [-0.2, 0) is 6.54 Å². The van der Waals surface area contributed by atoms with Gasteiger partial charge in [0.15, 0.2) is 11.5 Å². The number of fused-ring (bicyclic) bond motifs is 3. The maximum atomic E-state index is 13.8. The topological polar surface area (TPSA) is 49.2 Å². The Bertz CT molecular complexity index is 1360. The summed E-state index contributed by atoms with van der Waals surface area (Å²) in [5.74, 6) is 1.04.